The highest BCUT2D eigenvalue weighted by atomic mass is 32.2. The Hall–Kier alpha value is -1.96. The van der Waals surface area contributed by atoms with Crippen molar-refractivity contribution in [1.82, 2.24) is 0 Å². The molecule has 0 spiro atoms. The van der Waals surface area contributed by atoms with Crippen molar-refractivity contribution in [2.75, 3.05) is 16.4 Å². The van der Waals surface area contributed by atoms with E-state index in [9.17, 15) is 23.2 Å². The van der Waals surface area contributed by atoms with E-state index in [0.29, 0.717) is 17.0 Å². The molecule has 1 aromatic carbocycles. The zero-order chi connectivity index (χ0) is 14.2. The molecule has 0 atom stereocenters. The summed E-state index contributed by atoms with van der Waals surface area (Å²) in [5, 5.41) is 8.62. The lowest BCUT2D eigenvalue weighted by atomic mass is 10.1. The molecule has 2 amide bonds. The standard InChI is InChI=1S/C11H7F2NO4S/c12-6-1-5(2-7(13)10(6)11(17)18)14-8(15)3-19-4-9(14)16/h1-2H,3-4H2,(H,17,18). The van der Waals surface area contributed by atoms with Gasteiger partial charge in [-0.15, -0.1) is 11.8 Å². The van der Waals surface area contributed by atoms with E-state index < -0.39 is 35.0 Å². The van der Waals surface area contributed by atoms with Crippen molar-refractivity contribution in [2.45, 2.75) is 0 Å². The number of carbonyl (C=O) groups excluding carboxylic acids is 2. The topological polar surface area (TPSA) is 74.7 Å². The van der Waals surface area contributed by atoms with E-state index in [4.69, 9.17) is 5.11 Å². The molecule has 0 saturated carbocycles. The predicted molar refractivity (Wildman–Crippen MR) is 63.1 cm³/mol. The maximum atomic E-state index is 13.5. The molecule has 1 aromatic rings. The average Bonchev–Trinajstić information content (AvgIpc) is 2.26. The van der Waals surface area contributed by atoms with Gasteiger partial charge in [-0.1, -0.05) is 0 Å². The third-order valence-electron chi connectivity index (χ3n) is 2.45. The molecule has 100 valence electrons. The molecular formula is C11H7F2NO4S. The highest BCUT2D eigenvalue weighted by Gasteiger charge is 2.30. The van der Waals surface area contributed by atoms with Crippen LogP contribution in [-0.4, -0.2) is 34.4 Å². The van der Waals surface area contributed by atoms with Gasteiger partial charge in [0.25, 0.3) is 0 Å². The number of carboxylic acids is 1. The molecule has 8 heteroatoms. The highest BCUT2D eigenvalue weighted by Crippen LogP contribution is 2.25. The van der Waals surface area contributed by atoms with E-state index in [2.05, 4.69) is 0 Å². The Morgan fingerprint density at radius 3 is 2.05 bits per heavy atom. The normalized spacial score (nSPS) is 15.8. The summed E-state index contributed by atoms with van der Waals surface area (Å²) in [5.74, 6) is -5.56. The van der Waals surface area contributed by atoms with Gasteiger partial charge in [-0.3, -0.25) is 9.59 Å². The van der Waals surface area contributed by atoms with E-state index in [1.807, 2.05) is 0 Å². The van der Waals surface area contributed by atoms with E-state index in [0.717, 1.165) is 11.8 Å². The summed E-state index contributed by atoms with van der Waals surface area (Å²) in [7, 11) is 0. The molecule has 5 nitrogen and oxygen atoms in total. The van der Waals surface area contributed by atoms with Crippen molar-refractivity contribution in [2.24, 2.45) is 0 Å². The zero-order valence-electron chi connectivity index (χ0n) is 9.35. The number of amides is 2. The number of rotatable bonds is 2. The number of aromatic carboxylic acids is 1. The average molecular weight is 287 g/mol. The Kier molecular flexibility index (Phi) is 3.52. The summed E-state index contributed by atoms with van der Waals surface area (Å²) in [4.78, 5) is 34.4. The van der Waals surface area contributed by atoms with Crippen molar-refractivity contribution in [1.29, 1.82) is 0 Å². The quantitative estimate of drug-likeness (QED) is 0.829. The smallest absolute Gasteiger partial charge is 0.341 e. The second-order valence-electron chi connectivity index (χ2n) is 3.71. The predicted octanol–water partition coefficient (Wildman–Crippen LogP) is 1.27. The minimum atomic E-state index is -1.76. The number of halogens is 2. The third-order valence-corrected chi connectivity index (χ3v) is 3.35. The molecule has 0 radical (unpaired) electrons. The molecule has 2 rings (SSSR count). The van der Waals surface area contributed by atoms with Gasteiger partial charge in [-0.25, -0.2) is 18.5 Å². The van der Waals surface area contributed by atoms with Crippen molar-refractivity contribution in [3.05, 3.63) is 29.3 Å². The minimum absolute atomic E-state index is 0.0235. The lowest BCUT2D eigenvalue weighted by Gasteiger charge is -2.24. The van der Waals surface area contributed by atoms with Crippen LogP contribution in [0.2, 0.25) is 0 Å². The molecule has 1 saturated heterocycles. The minimum Gasteiger partial charge on any atom is -0.477 e. The van der Waals surface area contributed by atoms with Gasteiger partial charge in [0.2, 0.25) is 11.8 Å². The maximum Gasteiger partial charge on any atom is 0.341 e. The van der Waals surface area contributed by atoms with Crippen LogP contribution in [0.25, 0.3) is 0 Å². The Labute approximate surface area is 110 Å². The molecule has 19 heavy (non-hydrogen) atoms. The summed E-state index contributed by atoms with van der Waals surface area (Å²) in [6, 6.07) is 1.33. The van der Waals surface area contributed by atoms with Crippen molar-refractivity contribution in [3.63, 3.8) is 0 Å². The molecule has 1 heterocycles. The lowest BCUT2D eigenvalue weighted by Crippen LogP contribution is -2.43. The summed E-state index contributed by atoms with van der Waals surface area (Å²) < 4.78 is 27.0. The molecule has 1 aliphatic rings. The monoisotopic (exact) mass is 287 g/mol. The number of benzene rings is 1. The Morgan fingerprint density at radius 2 is 1.63 bits per heavy atom. The van der Waals surface area contributed by atoms with Crippen molar-refractivity contribution in [3.8, 4) is 0 Å². The van der Waals surface area contributed by atoms with Crippen LogP contribution in [0.1, 0.15) is 10.4 Å². The van der Waals surface area contributed by atoms with E-state index in [-0.39, 0.29) is 17.2 Å². The fraction of sp³-hybridized carbons (Fsp3) is 0.182. The number of hydrogen-bond acceptors (Lipinski definition) is 4. The summed E-state index contributed by atoms with van der Waals surface area (Å²) in [6.45, 7) is 0. The van der Waals surface area contributed by atoms with Crippen LogP contribution in [0.3, 0.4) is 0 Å². The van der Waals surface area contributed by atoms with Crippen LogP contribution in [0.15, 0.2) is 12.1 Å². The number of nitrogens with zero attached hydrogens (tertiary/aromatic N) is 1. The van der Waals surface area contributed by atoms with Gasteiger partial charge in [-0.05, 0) is 12.1 Å². The Morgan fingerprint density at radius 1 is 1.16 bits per heavy atom. The molecule has 1 fully saturated rings. The van der Waals surface area contributed by atoms with Crippen LogP contribution in [-0.2, 0) is 9.59 Å². The number of hydrogen-bond donors (Lipinski definition) is 1. The van der Waals surface area contributed by atoms with E-state index in [1.54, 1.807) is 0 Å². The number of carboxylic acid groups (broad SMARTS) is 1. The molecular weight excluding hydrogens is 280 g/mol. The first-order valence-electron chi connectivity index (χ1n) is 5.07. The first-order chi connectivity index (χ1) is 8.91. The van der Waals surface area contributed by atoms with Gasteiger partial charge in [0.1, 0.15) is 17.2 Å². The SMILES string of the molecule is O=C(O)c1c(F)cc(N2C(=O)CSCC2=O)cc1F. The Balaban J connectivity index is 2.49. The highest BCUT2D eigenvalue weighted by molar-refractivity contribution is 8.00. The second-order valence-corrected chi connectivity index (χ2v) is 4.69. The number of thioether (sulfide) groups is 1. The summed E-state index contributed by atoms with van der Waals surface area (Å²) >= 11 is 1.10. The number of imide groups is 1. The van der Waals surface area contributed by atoms with Crippen LogP contribution in [0.5, 0.6) is 0 Å². The van der Waals surface area contributed by atoms with E-state index >= 15 is 0 Å². The van der Waals surface area contributed by atoms with Gasteiger partial charge in [0.15, 0.2) is 0 Å². The largest absolute Gasteiger partial charge is 0.477 e. The fourth-order valence-electron chi connectivity index (χ4n) is 1.67. The van der Waals surface area contributed by atoms with Gasteiger partial charge < -0.3 is 5.11 Å². The van der Waals surface area contributed by atoms with Crippen LogP contribution in [0, 0.1) is 11.6 Å². The van der Waals surface area contributed by atoms with E-state index in [1.165, 1.54) is 0 Å². The van der Waals surface area contributed by atoms with Crippen molar-refractivity contribution >= 4 is 35.2 Å². The van der Waals surface area contributed by atoms with Gasteiger partial charge in [-0.2, -0.15) is 0 Å². The molecule has 1 N–H and O–H groups in total. The molecule has 0 bridgehead atoms. The lowest BCUT2D eigenvalue weighted by molar-refractivity contribution is -0.124. The number of carbonyl (C=O) groups is 3. The van der Waals surface area contributed by atoms with Crippen LogP contribution < -0.4 is 4.90 Å². The zero-order valence-corrected chi connectivity index (χ0v) is 10.2. The van der Waals surface area contributed by atoms with Crippen LogP contribution in [0.4, 0.5) is 14.5 Å². The first kappa shape index (κ1) is 13.5. The summed E-state index contributed by atoms with van der Waals surface area (Å²) in [6.07, 6.45) is 0. The second kappa shape index (κ2) is 4.96. The number of anilines is 1. The molecule has 0 aromatic heterocycles. The van der Waals surface area contributed by atoms with Gasteiger partial charge >= 0.3 is 5.97 Å². The molecule has 0 aliphatic carbocycles. The maximum absolute atomic E-state index is 13.5. The molecule has 1 aliphatic heterocycles. The van der Waals surface area contributed by atoms with Gasteiger partial charge in [0, 0.05) is 0 Å². The Bertz CT molecular complexity index is 551. The van der Waals surface area contributed by atoms with Crippen molar-refractivity contribution < 1.29 is 28.3 Å². The third kappa shape index (κ3) is 2.43. The first-order valence-corrected chi connectivity index (χ1v) is 6.23. The molecule has 0 unspecified atom stereocenters. The summed E-state index contributed by atoms with van der Waals surface area (Å²) in [5.41, 5.74) is -1.41. The van der Waals surface area contributed by atoms with Crippen LogP contribution >= 0.6 is 11.8 Å². The fourth-order valence-corrected chi connectivity index (χ4v) is 2.38. The van der Waals surface area contributed by atoms with Gasteiger partial charge in [0.05, 0.1) is 17.2 Å².